The third kappa shape index (κ3) is 5.75. The molecule has 15 heavy (non-hydrogen) atoms. The zero-order chi connectivity index (χ0) is 12.1. The number of ether oxygens (including phenoxy) is 1. The molecule has 0 aromatic heterocycles. The van der Waals surface area contributed by atoms with Gasteiger partial charge in [-0.25, -0.2) is 5.84 Å². The van der Waals surface area contributed by atoms with Crippen LogP contribution in [0.1, 0.15) is 0 Å². The second-order valence-electron chi connectivity index (χ2n) is 2.80. The lowest BCUT2D eigenvalue weighted by Gasteiger charge is -2.18. The zero-order valence-electron chi connectivity index (χ0n) is 8.16. The first-order valence-corrected chi connectivity index (χ1v) is 4.53. The van der Waals surface area contributed by atoms with Crippen molar-refractivity contribution in [1.82, 2.24) is 5.01 Å². The Morgan fingerprint density at radius 3 is 2.53 bits per heavy atom. The molecule has 90 valence electrons. The predicted molar refractivity (Wildman–Crippen MR) is 53.9 cm³/mol. The molecule has 0 aliphatic rings. The van der Waals surface area contributed by atoms with Crippen molar-refractivity contribution in [2.24, 2.45) is 11.6 Å². The Bertz CT molecular complexity index is 222. The number of hydrogen-bond acceptors (Lipinski definition) is 5. The summed E-state index contributed by atoms with van der Waals surface area (Å²) in [5, 5.41) is -0.987. The zero-order valence-corrected chi connectivity index (χ0v) is 9.05. The van der Waals surface area contributed by atoms with Crippen LogP contribution in [0.15, 0.2) is 11.9 Å². The van der Waals surface area contributed by atoms with E-state index in [0.717, 1.165) is 11.2 Å². The molecule has 0 saturated carbocycles. The van der Waals surface area contributed by atoms with Crippen LogP contribution < -0.4 is 11.6 Å². The number of alkyl halides is 3. The second kappa shape index (κ2) is 6.09. The summed E-state index contributed by atoms with van der Waals surface area (Å²) in [4.78, 5) is 0. The van der Waals surface area contributed by atoms with Crippen molar-refractivity contribution in [1.29, 1.82) is 0 Å². The number of halogens is 3. The Hall–Kier alpha value is -0.600. The molecule has 1 atom stereocenters. The Morgan fingerprint density at radius 1 is 1.60 bits per heavy atom. The van der Waals surface area contributed by atoms with Gasteiger partial charge in [-0.05, 0) is 0 Å². The average molecular weight is 245 g/mol. The maximum atomic E-state index is 12.1. The van der Waals surface area contributed by atoms with Gasteiger partial charge in [-0.2, -0.15) is 25.8 Å². The summed E-state index contributed by atoms with van der Waals surface area (Å²) < 4.78 is 41.1. The highest BCUT2D eigenvalue weighted by atomic mass is 32.1. The Kier molecular flexibility index (Phi) is 5.84. The lowest BCUT2D eigenvalue weighted by molar-refractivity contribution is -0.121. The van der Waals surface area contributed by atoms with Crippen LogP contribution in [-0.2, 0) is 4.74 Å². The molecule has 0 spiro atoms. The summed E-state index contributed by atoms with van der Waals surface area (Å²) in [6.45, 7) is 0.541. The van der Waals surface area contributed by atoms with Gasteiger partial charge in [-0.15, -0.1) is 0 Å². The van der Waals surface area contributed by atoms with Crippen molar-refractivity contribution < 1.29 is 17.9 Å². The highest BCUT2D eigenvalue weighted by Crippen LogP contribution is 2.27. The molecule has 0 aliphatic carbocycles. The molecule has 0 saturated heterocycles. The normalized spacial score (nSPS) is 15.2. The first-order valence-electron chi connectivity index (χ1n) is 4.01. The molecule has 0 aromatic rings. The Morgan fingerprint density at radius 2 is 2.13 bits per heavy atom. The fourth-order valence-electron chi connectivity index (χ4n) is 0.712. The SMILES string of the molecule is COCCN(N)/C=C(/N)C(S)C(F)(F)F. The third-order valence-electron chi connectivity index (χ3n) is 1.49. The number of hydrazine groups is 1. The van der Waals surface area contributed by atoms with Gasteiger partial charge >= 0.3 is 6.18 Å². The predicted octanol–water partition coefficient (Wildman–Crippen LogP) is 0.469. The summed E-state index contributed by atoms with van der Waals surface area (Å²) in [5.41, 5.74) is 4.72. The van der Waals surface area contributed by atoms with Gasteiger partial charge < -0.3 is 15.5 Å². The van der Waals surface area contributed by atoms with E-state index in [0.29, 0.717) is 6.61 Å². The second-order valence-corrected chi connectivity index (χ2v) is 3.32. The van der Waals surface area contributed by atoms with Crippen molar-refractivity contribution in [3.63, 3.8) is 0 Å². The summed E-state index contributed by atoms with van der Waals surface area (Å²) in [6, 6.07) is 0. The van der Waals surface area contributed by atoms with Gasteiger partial charge in [0.25, 0.3) is 0 Å². The summed E-state index contributed by atoms with van der Waals surface area (Å²) in [6.07, 6.45) is -3.49. The first kappa shape index (κ1) is 14.4. The number of nitrogens with zero attached hydrogens (tertiary/aromatic N) is 1. The molecular weight excluding hydrogens is 231 g/mol. The quantitative estimate of drug-likeness (QED) is 0.374. The van der Waals surface area contributed by atoms with E-state index < -0.39 is 17.1 Å². The van der Waals surface area contributed by atoms with Crippen molar-refractivity contribution in [2.45, 2.75) is 11.4 Å². The standard InChI is InChI=1S/C7H14F3N3OS/c1-14-3-2-13(12)4-5(11)6(15)7(8,9)10/h4,6,15H,2-3,11-12H2,1H3/b5-4+. The van der Waals surface area contributed by atoms with Crippen molar-refractivity contribution >= 4 is 12.6 Å². The summed E-state index contributed by atoms with van der Waals surface area (Å²) >= 11 is 3.34. The van der Waals surface area contributed by atoms with Crippen molar-refractivity contribution in [3.05, 3.63) is 11.9 Å². The number of rotatable bonds is 5. The van der Waals surface area contributed by atoms with E-state index in [4.69, 9.17) is 11.6 Å². The van der Waals surface area contributed by atoms with E-state index in [1.54, 1.807) is 0 Å². The minimum Gasteiger partial charge on any atom is -0.400 e. The van der Waals surface area contributed by atoms with Gasteiger partial charge in [0.1, 0.15) is 5.25 Å². The first-order chi connectivity index (χ1) is 6.79. The molecule has 1 unspecified atom stereocenters. The monoisotopic (exact) mass is 245 g/mol. The van der Waals surface area contributed by atoms with Crippen molar-refractivity contribution in [2.75, 3.05) is 20.3 Å². The van der Waals surface area contributed by atoms with E-state index in [9.17, 15) is 13.2 Å². The minimum atomic E-state index is -4.48. The lowest BCUT2D eigenvalue weighted by atomic mass is 10.3. The number of hydrogen-bond donors (Lipinski definition) is 3. The smallest absolute Gasteiger partial charge is 0.400 e. The molecule has 0 rings (SSSR count). The molecule has 0 aliphatic heterocycles. The van der Waals surface area contributed by atoms with Crippen LogP contribution in [0.25, 0.3) is 0 Å². The van der Waals surface area contributed by atoms with Gasteiger partial charge in [-0.1, -0.05) is 0 Å². The van der Waals surface area contributed by atoms with Gasteiger partial charge in [0, 0.05) is 19.0 Å². The van der Waals surface area contributed by atoms with Crippen LogP contribution in [-0.4, -0.2) is 36.7 Å². The molecule has 4 N–H and O–H groups in total. The topological polar surface area (TPSA) is 64.5 Å². The molecular formula is C7H14F3N3OS. The van der Waals surface area contributed by atoms with Crippen LogP contribution in [0.3, 0.4) is 0 Å². The molecule has 0 fully saturated rings. The third-order valence-corrected chi connectivity index (χ3v) is 2.09. The van der Waals surface area contributed by atoms with Gasteiger partial charge in [0.15, 0.2) is 0 Å². The van der Waals surface area contributed by atoms with Crippen LogP contribution in [0, 0.1) is 0 Å². The average Bonchev–Trinajstić information content (AvgIpc) is 2.11. The molecule has 0 radical (unpaired) electrons. The van der Waals surface area contributed by atoms with Gasteiger partial charge in [-0.3, -0.25) is 0 Å². The Labute approximate surface area is 91.4 Å². The maximum Gasteiger partial charge on any atom is 0.405 e. The lowest BCUT2D eigenvalue weighted by Crippen LogP contribution is -2.34. The maximum absolute atomic E-state index is 12.1. The Balaban J connectivity index is 4.29. The van der Waals surface area contributed by atoms with E-state index >= 15 is 0 Å². The summed E-state index contributed by atoms with van der Waals surface area (Å²) in [5.74, 6) is 5.34. The van der Waals surface area contributed by atoms with Crippen LogP contribution in [0.2, 0.25) is 0 Å². The molecule has 0 bridgehead atoms. The minimum absolute atomic E-state index is 0.246. The van der Waals surface area contributed by atoms with E-state index in [1.807, 2.05) is 0 Å². The molecule has 8 heteroatoms. The fraction of sp³-hybridized carbons (Fsp3) is 0.714. The van der Waals surface area contributed by atoms with Gasteiger partial charge in [0.05, 0.1) is 13.2 Å². The van der Waals surface area contributed by atoms with Crippen molar-refractivity contribution in [3.8, 4) is 0 Å². The molecule has 0 heterocycles. The van der Waals surface area contributed by atoms with E-state index in [-0.39, 0.29) is 6.54 Å². The summed E-state index contributed by atoms with van der Waals surface area (Å²) in [7, 11) is 1.46. The van der Waals surface area contributed by atoms with Gasteiger partial charge in [0.2, 0.25) is 0 Å². The number of thiol groups is 1. The van der Waals surface area contributed by atoms with E-state index in [1.165, 1.54) is 7.11 Å². The largest absolute Gasteiger partial charge is 0.405 e. The highest BCUT2D eigenvalue weighted by molar-refractivity contribution is 7.81. The van der Waals surface area contributed by atoms with Crippen LogP contribution in [0.4, 0.5) is 13.2 Å². The molecule has 0 aromatic carbocycles. The van der Waals surface area contributed by atoms with Crippen LogP contribution in [0.5, 0.6) is 0 Å². The molecule has 4 nitrogen and oxygen atoms in total. The van der Waals surface area contributed by atoms with Crippen LogP contribution >= 0.6 is 12.6 Å². The molecule has 0 amide bonds. The number of nitrogens with two attached hydrogens (primary N) is 2. The fourth-order valence-corrected chi connectivity index (χ4v) is 0.779. The van der Waals surface area contributed by atoms with E-state index in [2.05, 4.69) is 17.4 Å². The highest BCUT2D eigenvalue weighted by Gasteiger charge is 2.38. The number of methoxy groups -OCH3 is 1.